The molecule has 0 aliphatic carbocycles. The van der Waals surface area contributed by atoms with Crippen molar-refractivity contribution in [1.82, 2.24) is 4.90 Å². The Kier molecular flexibility index (Phi) is 6.90. The summed E-state index contributed by atoms with van der Waals surface area (Å²) in [5, 5.41) is 11.1. The fourth-order valence-electron chi connectivity index (χ4n) is 3.60. The number of aliphatic hydroxyl groups excluding tert-OH is 1. The number of ketones is 1. The normalized spacial score (nSPS) is 18.1. The SMILES string of the molecule is CCCOc1cccc(/C(O)=C2/C(=O)C(=O)N(CCOC)C2c2cccc(C)c2)c1. The molecular formula is C24H27NO5. The second kappa shape index (κ2) is 9.59. The van der Waals surface area contributed by atoms with Crippen LogP contribution in [-0.2, 0) is 14.3 Å². The molecular weight excluding hydrogens is 382 g/mol. The van der Waals surface area contributed by atoms with Crippen molar-refractivity contribution in [2.24, 2.45) is 0 Å². The van der Waals surface area contributed by atoms with Gasteiger partial charge in [0.1, 0.15) is 11.5 Å². The molecule has 158 valence electrons. The molecule has 1 N–H and O–H groups in total. The Bertz CT molecular complexity index is 966. The minimum Gasteiger partial charge on any atom is -0.507 e. The average Bonchev–Trinajstić information content (AvgIpc) is 3.00. The molecule has 1 saturated heterocycles. The van der Waals surface area contributed by atoms with E-state index in [0.29, 0.717) is 17.9 Å². The molecule has 1 fully saturated rings. The summed E-state index contributed by atoms with van der Waals surface area (Å²) >= 11 is 0. The Morgan fingerprint density at radius 2 is 1.87 bits per heavy atom. The van der Waals surface area contributed by atoms with Gasteiger partial charge >= 0.3 is 0 Å². The first-order valence-corrected chi connectivity index (χ1v) is 10.0. The molecule has 0 bridgehead atoms. The van der Waals surface area contributed by atoms with E-state index in [-0.39, 0.29) is 24.5 Å². The second-order valence-electron chi connectivity index (χ2n) is 7.28. The first kappa shape index (κ1) is 21.6. The van der Waals surface area contributed by atoms with E-state index in [4.69, 9.17) is 9.47 Å². The quantitative estimate of drug-likeness (QED) is 0.407. The molecule has 1 heterocycles. The fourth-order valence-corrected chi connectivity index (χ4v) is 3.60. The molecule has 1 amide bonds. The number of rotatable bonds is 8. The Balaban J connectivity index is 2.11. The molecule has 6 nitrogen and oxygen atoms in total. The van der Waals surface area contributed by atoms with Gasteiger partial charge in [-0.25, -0.2) is 0 Å². The van der Waals surface area contributed by atoms with Gasteiger partial charge in [0.2, 0.25) is 0 Å². The van der Waals surface area contributed by atoms with Crippen LogP contribution in [-0.4, -0.2) is 48.6 Å². The van der Waals surface area contributed by atoms with Crippen molar-refractivity contribution in [2.75, 3.05) is 26.9 Å². The summed E-state index contributed by atoms with van der Waals surface area (Å²) in [4.78, 5) is 27.2. The van der Waals surface area contributed by atoms with Crippen LogP contribution < -0.4 is 4.74 Å². The van der Waals surface area contributed by atoms with Crippen molar-refractivity contribution in [2.45, 2.75) is 26.3 Å². The lowest BCUT2D eigenvalue weighted by molar-refractivity contribution is -0.140. The van der Waals surface area contributed by atoms with E-state index in [1.54, 1.807) is 31.4 Å². The van der Waals surface area contributed by atoms with Crippen molar-refractivity contribution in [3.63, 3.8) is 0 Å². The third-order valence-corrected chi connectivity index (χ3v) is 5.01. The predicted octanol–water partition coefficient (Wildman–Crippen LogP) is 3.85. The molecule has 0 saturated carbocycles. The number of likely N-dealkylation sites (tertiary alicyclic amines) is 1. The Morgan fingerprint density at radius 3 is 2.57 bits per heavy atom. The zero-order valence-corrected chi connectivity index (χ0v) is 17.6. The van der Waals surface area contributed by atoms with Crippen LogP contribution in [0, 0.1) is 6.92 Å². The maximum absolute atomic E-state index is 12.9. The van der Waals surface area contributed by atoms with Crippen LogP contribution in [0.1, 0.15) is 36.1 Å². The van der Waals surface area contributed by atoms with E-state index >= 15 is 0 Å². The van der Waals surface area contributed by atoms with Crippen molar-refractivity contribution >= 4 is 17.4 Å². The van der Waals surface area contributed by atoms with Crippen LogP contribution in [0.4, 0.5) is 0 Å². The highest BCUT2D eigenvalue weighted by atomic mass is 16.5. The standard InChI is InChI=1S/C24H27NO5/c1-4-12-30-19-10-6-9-18(15-19)22(26)20-21(17-8-5-7-16(2)14-17)25(11-13-29-3)24(28)23(20)27/h5-10,14-15,21,26H,4,11-13H2,1-3H3/b22-20-. The number of hydrogen-bond donors (Lipinski definition) is 1. The molecule has 2 aromatic carbocycles. The zero-order chi connectivity index (χ0) is 21.7. The molecule has 3 rings (SSSR count). The molecule has 1 unspecified atom stereocenters. The van der Waals surface area contributed by atoms with E-state index < -0.39 is 17.7 Å². The number of aliphatic hydroxyl groups is 1. The lowest BCUT2D eigenvalue weighted by Crippen LogP contribution is -2.32. The Morgan fingerprint density at radius 1 is 1.10 bits per heavy atom. The van der Waals surface area contributed by atoms with Crippen molar-refractivity contribution < 1.29 is 24.2 Å². The summed E-state index contributed by atoms with van der Waals surface area (Å²) in [5.74, 6) is -0.947. The van der Waals surface area contributed by atoms with Gasteiger partial charge < -0.3 is 19.5 Å². The topological polar surface area (TPSA) is 76.1 Å². The fraction of sp³-hybridized carbons (Fsp3) is 0.333. The number of ether oxygens (including phenoxy) is 2. The second-order valence-corrected chi connectivity index (χ2v) is 7.28. The van der Waals surface area contributed by atoms with Gasteiger partial charge in [0.15, 0.2) is 0 Å². The number of methoxy groups -OCH3 is 1. The maximum Gasteiger partial charge on any atom is 0.295 e. The van der Waals surface area contributed by atoms with Gasteiger partial charge in [-0.1, -0.05) is 48.9 Å². The van der Waals surface area contributed by atoms with E-state index in [2.05, 4.69) is 0 Å². The number of benzene rings is 2. The number of carbonyl (C=O) groups is 2. The average molecular weight is 409 g/mol. The van der Waals surface area contributed by atoms with Crippen LogP contribution in [0.15, 0.2) is 54.1 Å². The lowest BCUT2D eigenvalue weighted by Gasteiger charge is -2.25. The van der Waals surface area contributed by atoms with E-state index in [0.717, 1.165) is 17.5 Å². The summed E-state index contributed by atoms with van der Waals surface area (Å²) in [6, 6.07) is 13.8. The Hall–Kier alpha value is -3.12. The van der Waals surface area contributed by atoms with Gasteiger partial charge in [-0.15, -0.1) is 0 Å². The number of Topliss-reactive ketones (excluding diaryl/α,β-unsaturated/α-hetero) is 1. The maximum atomic E-state index is 12.9. The molecule has 2 aromatic rings. The van der Waals surface area contributed by atoms with Gasteiger partial charge in [-0.05, 0) is 31.0 Å². The lowest BCUT2D eigenvalue weighted by atomic mass is 9.94. The third kappa shape index (κ3) is 4.39. The molecule has 1 atom stereocenters. The van der Waals surface area contributed by atoms with E-state index in [1.807, 2.05) is 38.1 Å². The summed E-state index contributed by atoms with van der Waals surface area (Å²) in [5.41, 5.74) is 2.28. The number of nitrogens with zero attached hydrogens (tertiary/aromatic N) is 1. The highest BCUT2D eigenvalue weighted by Crippen LogP contribution is 2.39. The minimum absolute atomic E-state index is 0.0781. The van der Waals surface area contributed by atoms with Gasteiger partial charge in [0, 0.05) is 19.2 Å². The smallest absolute Gasteiger partial charge is 0.295 e. The number of hydrogen-bond acceptors (Lipinski definition) is 5. The molecule has 0 radical (unpaired) electrons. The third-order valence-electron chi connectivity index (χ3n) is 5.01. The molecule has 1 aliphatic rings. The minimum atomic E-state index is -0.699. The molecule has 0 spiro atoms. The summed E-state index contributed by atoms with van der Waals surface area (Å²) in [7, 11) is 1.54. The summed E-state index contributed by atoms with van der Waals surface area (Å²) in [6.07, 6.45) is 0.855. The zero-order valence-electron chi connectivity index (χ0n) is 17.6. The summed E-state index contributed by atoms with van der Waals surface area (Å²) < 4.78 is 10.8. The van der Waals surface area contributed by atoms with Crippen LogP contribution in [0.3, 0.4) is 0 Å². The van der Waals surface area contributed by atoms with Crippen LogP contribution in [0.5, 0.6) is 5.75 Å². The summed E-state index contributed by atoms with van der Waals surface area (Å²) in [6.45, 7) is 5.03. The van der Waals surface area contributed by atoms with Crippen LogP contribution in [0.25, 0.3) is 5.76 Å². The number of aryl methyl sites for hydroxylation is 1. The largest absolute Gasteiger partial charge is 0.507 e. The molecule has 0 aromatic heterocycles. The monoisotopic (exact) mass is 409 g/mol. The first-order valence-electron chi connectivity index (χ1n) is 10.0. The van der Waals surface area contributed by atoms with Gasteiger partial charge in [0.25, 0.3) is 11.7 Å². The van der Waals surface area contributed by atoms with Gasteiger partial charge in [-0.3, -0.25) is 9.59 Å². The predicted molar refractivity (Wildman–Crippen MR) is 114 cm³/mol. The van der Waals surface area contributed by atoms with E-state index in [1.165, 1.54) is 4.90 Å². The van der Waals surface area contributed by atoms with Crippen LogP contribution >= 0.6 is 0 Å². The molecule has 1 aliphatic heterocycles. The van der Waals surface area contributed by atoms with E-state index in [9.17, 15) is 14.7 Å². The van der Waals surface area contributed by atoms with Crippen LogP contribution in [0.2, 0.25) is 0 Å². The highest BCUT2D eigenvalue weighted by Gasteiger charge is 2.45. The van der Waals surface area contributed by atoms with Crippen molar-refractivity contribution in [1.29, 1.82) is 0 Å². The Labute approximate surface area is 176 Å². The van der Waals surface area contributed by atoms with Gasteiger partial charge in [0.05, 0.1) is 24.8 Å². The van der Waals surface area contributed by atoms with Gasteiger partial charge in [-0.2, -0.15) is 0 Å². The van der Waals surface area contributed by atoms with Crippen molar-refractivity contribution in [3.05, 3.63) is 70.8 Å². The first-order chi connectivity index (χ1) is 14.5. The highest BCUT2D eigenvalue weighted by molar-refractivity contribution is 6.46. The number of carbonyl (C=O) groups excluding carboxylic acids is 2. The molecule has 6 heteroatoms. The molecule has 30 heavy (non-hydrogen) atoms. The number of amides is 1. The van der Waals surface area contributed by atoms with Crippen molar-refractivity contribution in [3.8, 4) is 5.75 Å².